The first-order valence-electron chi connectivity index (χ1n) is 11.1. The third-order valence-corrected chi connectivity index (χ3v) is 6.83. The molecular weight excluding hydrogens is 394 g/mol. The van der Waals surface area contributed by atoms with E-state index in [1.165, 1.54) is 25.9 Å². The minimum atomic E-state index is 0.0159. The Morgan fingerprint density at radius 3 is 2.70 bits per heavy atom. The van der Waals surface area contributed by atoms with Crippen LogP contribution in [-0.4, -0.2) is 60.0 Å². The van der Waals surface area contributed by atoms with Crippen LogP contribution in [0.3, 0.4) is 0 Å². The molecule has 0 unspecified atom stereocenters. The topological polar surface area (TPSA) is 61.4 Å². The molecule has 2 saturated heterocycles. The first-order chi connectivity index (χ1) is 14.8. The lowest BCUT2D eigenvalue weighted by atomic mass is 9.97. The molecule has 0 spiro atoms. The molecule has 1 N–H and O–H groups in total. The number of aromatic nitrogens is 2. The second-order valence-electron chi connectivity index (χ2n) is 8.08. The van der Waals surface area contributed by atoms with Crippen LogP contribution in [0.1, 0.15) is 32.1 Å². The third-order valence-electron chi connectivity index (χ3n) is 5.85. The molecule has 1 amide bonds. The SMILES string of the molecule is O=C(NCCCN1CCCC1)[C@H]1CCCN(c2nccnc2Sc2ccccc2)C1. The fraction of sp³-hybridized carbons (Fsp3) is 0.522. The summed E-state index contributed by atoms with van der Waals surface area (Å²) in [6.45, 7) is 5.92. The highest BCUT2D eigenvalue weighted by atomic mass is 32.2. The predicted octanol–water partition coefficient (Wildman–Crippen LogP) is 3.45. The molecule has 3 heterocycles. The van der Waals surface area contributed by atoms with Gasteiger partial charge in [0, 0.05) is 36.9 Å². The number of piperidine rings is 1. The summed E-state index contributed by atoms with van der Waals surface area (Å²) in [5.74, 6) is 1.09. The summed E-state index contributed by atoms with van der Waals surface area (Å²) >= 11 is 1.63. The number of carbonyl (C=O) groups excluding carboxylic acids is 1. The van der Waals surface area contributed by atoms with Crippen LogP contribution in [0.4, 0.5) is 5.82 Å². The molecule has 0 radical (unpaired) electrons. The molecule has 160 valence electrons. The highest BCUT2D eigenvalue weighted by Gasteiger charge is 2.28. The number of carbonyl (C=O) groups is 1. The van der Waals surface area contributed by atoms with Gasteiger partial charge < -0.3 is 15.1 Å². The lowest BCUT2D eigenvalue weighted by Gasteiger charge is -2.33. The number of benzene rings is 1. The van der Waals surface area contributed by atoms with Crippen molar-refractivity contribution in [3.05, 3.63) is 42.7 Å². The van der Waals surface area contributed by atoms with Crippen LogP contribution in [0, 0.1) is 5.92 Å². The molecule has 7 heteroatoms. The van der Waals surface area contributed by atoms with Crippen molar-refractivity contribution in [2.45, 2.75) is 42.0 Å². The fourth-order valence-corrected chi connectivity index (χ4v) is 5.16. The van der Waals surface area contributed by atoms with Gasteiger partial charge in [-0.15, -0.1) is 0 Å². The van der Waals surface area contributed by atoms with E-state index in [0.717, 1.165) is 54.6 Å². The molecule has 2 aromatic rings. The molecule has 1 aromatic heterocycles. The maximum absolute atomic E-state index is 12.8. The Morgan fingerprint density at radius 2 is 1.87 bits per heavy atom. The van der Waals surface area contributed by atoms with Gasteiger partial charge in [0.2, 0.25) is 5.91 Å². The van der Waals surface area contributed by atoms with Crippen molar-refractivity contribution in [1.29, 1.82) is 0 Å². The number of nitrogens with zero attached hydrogens (tertiary/aromatic N) is 4. The van der Waals surface area contributed by atoms with E-state index in [1.54, 1.807) is 24.2 Å². The standard InChI is InChI=1S/C23H31N5OS/c29-22(25-11-7-16-27-14-4-5-15-27)19-8-6-17-28(18-19)21-23(26-13-12-24-21)30-20-9-2-1-3-10-20/h1-3,9-10,12-13,19H,4-8,11,14-18H2,(H,25,29)/t19-/m0/s1. The van der Waals surface area contributed by atoms with Crippen molar-refractivity contribution in [3.8, 4) is 0 Å². The number of rotatable bonds is 8. The molecule has 1 aromatic carbocycles. The smallest absolute Gasteiger partial charge is 0.224 e. The maximum atomic E-state index is 12.8. The van der Waals surface area contributed by atoms with Gasteiger partial charge in [0.25, 0.3) is 0 Å². The Balaban J connectivity index is 1.31. The van der Waals surface area contributed by atoms with E-state index in [9.17, 15) is 4.79 Å². The fourth-order valence-electron chi connectivity index (χ4n) is 4.26. The molecule has 0 saturated carbocycles. The minimum absolute atomic E-state index is 0.0159. The van der Waals surface area contributed by atoms with Gasteiger partial charge in [-0.3, -0.25) is 4.79 Å². The average Bonchev–Trinajstić information content (AvgIpc) is 3.31. The van der Waals surface area contributed by atoms with Gasteiger partial charge in [0.05, 0.1) is 5.92 Å². The Morgan fingerprint density at radius 1 is 1.07 bits per heavy atom. The molecule has 4 rings (SSSR count). The van der Waals surface area contributed by atoms with Crippen LogP contribution in [-0.2, 0) is 4.79 Å². The maximum Gasteiger partial charge on any atom is 0.224 e. The number of anilines is 1. The largest absolute Gasteiger partial charge is 0.356 e. The number of nitrogens with one attached hydrogen (secondary N) is 1. The highest BCUT2D eigenvalue weighted by molar-refractivity contribution is 7.99. The van der Waals surface area contributed by atoms with E-state index in [1.807, 2.05) is 18.2 Å². The van der Waals surface area contributed by atoms with Crippen molar-refractivity contribution in [2.24, 2.45) is 5.92 Å². The van der Waals surface area contributed by atoms with Gasteiger partial charge in [-0.2, -0.15) is 0 Å². The van der Waals surface area contributed by atoms with Crippen molar-refractivity contribution >= 4 is 23.5 Å². The Labute approximate surface area is 183 Å². The third kappa shape index (κ3) is 5.73. The predicted molar refractivity (Wildman–Crippen MR) is 121 cm³/mol. The van der Waals surface area contributed by atoms with E-state index < -0.39 is 0 Å². The van der Waals surface area contributed by atoms with Crippen molar-refractivity contribution in [3.63, 3.8) is 0 Å². The summed E-state index contributed by atoms with van der Waals surface area (Å²) < 4.78 is 0. The zero-order chi connectivity index (χ0) is 20.6. The molecular formula is C23H31N5OS. The van der Waals surface area contributed by atoms with Crippen LogP contribution in [0.25, 0.3) is 0 Å². The Bertz CT molecular complexity index is 812. The van der Waals surface area contributed by atoms with Gasteiger partial charge in [-0.05, 0) is 63.9 Å². The van der Waals surface area contributed by atoms with Crippen LogP contribution >= 0.6 is 11.8 Å². The van der Waals surface area contributed by atoms with Gasteiger partial charge in [0.1, 0.15) is 5.03 Å². The summed E-state index contributed by atoms with van der Waals surface area (Å²) in [4.78, 5) is 27.8. The molecule has 6 nitrogen and oxygen atoms in total. The van der Waals surface area contributed by atoms with Crippen molar-refractivity contribution < 1.29 is 4.79 Å². The highest BCUT2D eigenvalue weighted by Crippen LogP contribution is 2.33. The van der Waals surface area contributed by atoms with E-state index in [2.05, 4.69) is 37.2 Å². The molecule has 2 aliphatic heterocycles. The minimum Gasteiger partial charge on any atom is -0.356 e. The van der Waals surface area contributed by atoms with Crippen LogP contribution in [0.5, 0.6) is 0 Å². The van der Waals surface area contributed by atoms with Gasteiger partial charge in [-0.25, -0.2) is 9.97 Å². The second kappa shape index (κ2) is 10.8. The number of hydrogen-bond acceptors (Lipinski definition) is 6. The number of hydrogen-bond donors (Lipinski definition) is 1. The molecule has 2 fully saturated rings. The molecule has 0 bridgehead atoms. The molecule has 30 heavy (non-hydrogen) atoms. The number of amides is 1. The van der Waals surface area contributed by atoms with E-state index in [-0.39, 0.29) is 11.8 Å². The van der Waals surface area contributed by atoms with Gasteiger partial charge in [-0.1, -0.05) is 30.0 Å². The van der Waals surface area contributed by atoms with Gasteiger partial charge >= 0.3 is 0 Å². The summed E-state index contributed by atoms with van der Waals surface area (Å²) in [5.41, 5.74) is 0. The second-order valence-corrected chi connectivity index (χ2v) is 9.14. The Kier molecular flexibility index (Phi) is 7.59. The zero-order valence-corrected chi connectivity index (χ0v) is 18.3. The molecule has 2 aliphatic rings. The van der Waals surface area contributed by atoms with E-state index in [4.69, 9.17) is 0 Å². The summed E-state index contributed by atoms with van der Waals surface area (Å²) in [6.07, 6.45) is 9.09. The summed E-state index contributed by atoms with van der Waals surface area (Å²) in [7, 11) is 0. The Hall–Kier alpha value is -2.12. The molecule has 1 atom stereocenters. The van der Waals surface area contributed by atoms with Gasteiger partial charge in [0.15, 0.2) is 5.82 Å². The first kappa shape index (κ1) is 21.1. The number of likely N-dealkylation sites (tertiary alicyclic amines) is 1. The monoisotopic (exact) mass is 425 g/mol. The van der Waals surface area contributed by atoms with Crippen LogP contribution < -0.4 is 10.2 Å². The average molecular weight is 426 g/mol. The van der Waals surface area contributed by atoms with E-state index >= 15 is 0 Å². The molecule has 0 aliphatic carbocycles. The quantitative estimate of drug-likeness (QED) is 0.654. The first-order valence-corrected chi connectivity index (χ1v) is 11.9. The van der Waals surface area contributed by atoms with Crippen molar-refractivity contribution in [1.82, 2.24) is 20.2 Å². The summed E-state index contributed by atoms with van der Waals surface area (Å²) in [5, 5.41) is 4.07. The zero-order valence-electron chi connectivity index (χ0n) is 17.5. The van der Waals surface area contributed by atoms with E-state index in [0.29, 0.717) is 6.54 Å². The summed E-state index contributed by atoms with van der Waals surface area (Å²) in [6, 6.07) is 10.2. The lowest BCUT2D eigenvalue weighted by Crippen LogP contribution is -2.44. The van der Waals surface area contributed by atoms with Crippen LogP contribution in [0.2, 0.25) is 0 Å². The van der Waals surface area contributed by atoms with Crippen LogP contribution in [0.15, 0.2) is 52.6 Å². The lowest BCUT2D eigenvalue weighted by molar-refractivity contribution is -0.125. The van der Waals surface area contributed by atoms with Crippen molar-refractivity contribution in [2.75, 3.05) is 44.2 Å². The normalized spacial score (nSPS) is 19.7.